The molecule has 0 saturated heterocycles. The number of nitrogens with zero attached hydrogens (tertiary/aromatic N) is 1. The second kappa shape index (κ2) is 4.94. The summed E-state index contributed by atoms with van der Waals surface area (Å²) >= 11 is 1.48. The molecule has 72 valence electrons. The number of aryl methyl sites for hydroxylation is 1. The molecule has 0 aliphatic rings. The van der Waals surface area contributed by atoms with E-state index in [0.717, 1.165) is 11.3 Å². The van der Waals surface area contributed by atoms with E-state index >= 15 is 0 Å². The molecule has 0 bridgehead atoms. The van der Waals surface area contributed by atoms with Gasteiger partial charge in [-0.1, -0.05) is 0 Å². The molecule has 1 amide bonds. The van der Waals surface area contributed by atoms with Crippen molar-refractivity contribution in [2.45, 2.75) is 19.8 Å². The van der Waals surface area contributed by atoms with Gasteiger partial charge in [-0.15, -0.1) is 11.3 Å². The van der Waals surface area contributed by atoms with Gasteiger partial charge in [-0.05, 0) is 19.9 Å². The molecule has 0 unspecified atom stereocenters. The van der Waals surface area contributed by atoms with Crippen molar-refractivity contribution in [1.29, 1.82) is 0 Å². The van der Waals surface area contributed by atoms with Gasteiger partial charge in [-0.3, -0.25) is 4.79 Å². The molecule has 1 heterocycles. The summed E-state index contributed by atoms with van der Waals surface area (Å²) < 4.78 is 0. The van der Waals surface area contributed by atoms with Gasteiger partial charge in [0.15, 0.2) is 5.13 Å². The van der Waals surface area contributed by atoms with Crippen LogP contribution in [0.5, 0.6) is 0 Å². The maximum atomic E-state index is 11.2. The predicted octanol–water partition coefficient (Wildman–Crippen LogP) is 1.13. The van der Waals surface area contributed by atoms with E-state index in [2.05, 4.69) is 10.3 Å². The number of nitrogens with two attached hydrogens (primary N) is 1. The molecule has 0 saturated carbocycles. The summed E-state index contributed by atoms with van der Waals surface area (Å²) in [4.78, 5) is 16.3. The number of aromatic nitrogens is 1. The Hall–Kier alpha value is -0.940. The number of hydrogen-bond acceptors (Lipinski definition) is 4. The Morgan fingerprint density at radius 2 is 2.54 bits per heavy atom. The largest absolute Gasteiger partial charge is 0.330 e. The van der Waals surface area contributed by atoms with Crippen molar-refractivity contribution in [1.82, 2.24) is 4.98 Å². The number of amides is 1. The van der Waals surface area contributed by atoms with Crippen LogP contribution in [0, 0.1) is 6.92 Å². The third-order valence-corrected chi connectivity index (χ3v) is 2.30. The first-order valence-electron chi connectivity index (χ1n) is 4.14. The smallest absolute Gasteiger partial charge is 0.226 e. The van der Waals surface area contributed by atoms with Gasteiger partial charge < -0.3 is 11.1 Å². The summed E-state index contributed by atoms with van der Waals surface area (Å²) in [6.45, 7) is 2.50. The third-order valence-electron chi connectivity index (χ3n) is 1.48. The van der Waals surface area contributed by atoms with Gasteiger partial charge in [0, 0.05) is 17.5 Å². The van der Waals surface area contributed by atoms with Crippen molar-refractivity contribution in [2.24, 2.45) is 5.73 Å². The number of hydrogen-bond donors (Lipinski definition) is 2. The zero-order valence-corrected chi connectivity index (χ0v) is 8.36. The molecule has 0 atom stereocenters. The van der Waals surface area contributed by atoms with Crippen LogP contribution < -0.4 is 11.1 Å². The molecular weight excluding hydrogens is 186 g/mol. The van der Waals surface area contributed by atoms with Gasteiger partial charge in [0.1, 0.15) is 0 Å². The topological polar surface area (TPSA) is 68.0 Å². The molecule has 0 spiro atoms. The molecule has 0 fully saturated rings. The summed E-state index contributed by atoms with van der Waals surface area (Å²) in [6.07, 6.45) is 2.93. The SMILES string of the molecule is Cc1cnc(NC(=O)CCCN)s1. The van der Waals surface area contributed by atoms with Gasteiger partial charge in [-0.25, -0.2) is 4.98 Å². The monoisotopic (exact) mass is 199 g/mol. The highest BCUT2D eigenvalue weighted by molar-refractivity contribution is 7.15. The molecule has 0 aromatic carbocycles. The van der Waals surface area contributed by atoms with Crippen molar-refractivity contribution >= 4 is 22.4 Å². The van der Waals surface area contributed by atoms with Crippen molar-refractivity contribution in [3.8, 4) is 0 Å². The molecule has 5 heteroatoms. The van der Waals surface area contributed by atoms with E-state index in [1.165, 1.54) is 11.3 Å². The van der Waals surface area contributed by atoms with E-state index in [4.69, 9.17) is 5.73 Å². The lowest BCUT2D eigenvalue weighted by Crippen LogP contribution is -2.13. The Balaban J connectivity index is 2.36. The Labute approximate surface area is 81.2 Å². The first-order valence-corrected chi connectivity index (χ1v) is 4.96. The highest BCUT2D eigenvalue weighted by Gasteiger charge is 2.03. The van der Waals surface area contributed by atoms with Gasteiger partial charge in [0.05, 0.1) is 0 Å². The van der Waals surface area contributed by atoms with E-state index in [0.29, 0.717) is 18.1 Å². The van der Waals surface area contributed by atoms with Crippen LogP contribution in [-0.4, -0.2) is 17.4 Å². The Kier molecular flexibility index (Phi) is 3.85. The second-order valence-corrected chi connectivity index (χ2v) is 3.95. The molecule has 1 aromatic heterocycles. The number of rotatable bonds is 4. The van der Waals surface area contributed by atoms with Crippen LogP contribution in [0.4, 0.5) is 5.13 Å². The van der Waals surface area contributed by atoms with E-state index in [9.17, 15) is 4.79 Å². The lowest BCUT2D eigenvalue weighted by atomic mass is 10.3. The highest BCUT2D eigenvalue weighted by atomic mass is 32.1. The van der Waals surface area contributed by atoms with E-state index < -0.39 is 0 Å². The molecule has 4 nitrogen and oxygen atoms in total. The zero-order valence-electron chi connectivity index (χ0n) is 7.54. The van der Waals surface area contributed by atoms with Gasteiger partial charge in [0.2, 0.25) is 5.91 Å². The predicted molar refractivity (Wildman–Crippen MR) is 53.8 cm³/mol. The van der Waals surface area contributed by atoms with E-state index in [-0.39, 0.29) is 5.91 Å². The van der Waals surface area contributed by atoms with Crippen LogP contribution in [-0.2, 0) is 4.79 Å². The average Bonchev–Trinajstić information content (AvgIpc) is 2.48. The van der Waals surface area contributed by atoms with Crippen molar-refractivity contribution in [2.75, 3.05) is 11.9 Å². The Morgan fingerprint density at radius 3 is 3.08 bits per heavy atom. The quantitative estimate of drug-likeness (QED) is 0.763. The summed E-state index contributed by atoms with van der Waals surface area (Å²) in [5.74, 6) is -0.0141. The van der Waals surface area contributed by atoms with Crippen molar-refractivity contribution in [3.63, 3.8) is 0 Å². The number of carbonyl (C=O) groups is 1. The van der Waals surface area contributed by atoms with Crippen LogP contribution in [0.15, 0.2) is 6.20 Å². The summed E-state index contributed by atoms with van der Waals surface area (Å²) in [5, 5.41) is 3.38. The fourth-order valence-electron chi connectivity index (χ4n) is 0.857. The molecule has 0 aliphatic carbocycles. The number of thiazole rings is 1. The maximum absolute atomic E-state index is 11.2. The molecule has 0 aliphatic heterocycles. The van der Waals surface area contributed by atoms with Crippen LogP contribution in [0.2, 0.25) is 0 Å². The van der Waals surface area contributed by atoms with Gasteiger partial charge in [0.25, 0.3) is 0 Å². The highest BCUT2D eigenvalue weighted by Crippen LogP contribution is 2.16. The van der Waals surface area contributed by atoms with Crippen molar-refractivity contribution < 1.29 is 4.79 Å². The molecular formula is C8H13N3OS. The molecule has 1 rings (SSSR count). The van der Waals surface area contributed by atoms with Crippen LogP contribution in [0.1, 0.15) is 17.7 Å². The van der Waals surface area contributed by atoms with E-state index in [1.54, 1.807) is 6.20 Å². The molecule has 1 aromatic rings. The number of carbonyl (C=O) groups excluding carboxylic acids is 1. The first-order chi connectivity index (χ1) is 6.22. The van der Waals surface area contributed by atoms with E-state index in [1.807, 2.05) is 6.92 Å². The second-order valence-electron chi connectivity index (χ2n) is 2.72. The third kappa shape index (κ3) is 3.52. The standard InChI is InChI=1S/C8H13N3OS/c1-6-5-10-8(13-6)11-7(12)3-2-4-9/h5H,2-4,9H2,1H3,(H,10,11,12). The summed E-state index contributed by atoms with van der Waals surface area (Å²) in [6, 6.07) is 0. The lowest BCUT2D eigenvalue weighted by molar-refractivity contribution is -0.116. The minimum atomic E-state index is -0.0141. The van der Waals surface area contributed by atoms with Gasteiger partial charge >= 0.3 is 0 Å². The molecule has 13 heavy (non-hydrogen) atoms. The zero-order chi connectivity index (χ0) is 9.68. The van der Waals surface area contributed by atoms with Gasteiger partial charge in [-0.2, -0.15) is 0 Å². The fraction of sp³-hybridized carbons (Fsp3) is 0.500. The lowest BCUT2D eigenvalue weighted by Gasteiger charge is -1.98. The Morgan fingerprint density at radius 1 is 1.77 bits per heavy atom. The Bertz CT molecular complexity index is 285. The first kappa shape index (κ1) is 10.1. The molecule has 3 N–H and O–H groups in total. The summed E-state index contributed by atoms with van der Waals surface area (Å²) in [5.41, 5.74) is 5.28. The van der Waals surface area contributed by atoms with Crippen LogP contribution >= 0.6 is 11.3 Å². The summed E-state index contributed by atoms with van der Waals surface area (Å²) in [7, 11) is 0. The molecule has 0 radical (unpaired) electrons. The fourth-order valence-corrected chi connectivity index (χ4v) is 1.54. The van der Waals surface area contributed by atoms with Crippen LogP contribution in [0.25, 0.3) is 0 Å². The minimum absolute atomic E-state index is 0.0141. The van der Waals surface area contributed by atoms with Crippen LogP contribution in [0.3, 0.4) is 0 Å². The average molecular weight is 199 g/mol. The maximum Gasteiger partial charge on any atom is 0.226 e. The number of nitrogens with one attached hydrogen (secondary N) is 1. The minimum Gasteiger partial charge on any atom is -0.330 e. The van der Waals surface area contributed by atoms with Crippen molar-refractivity contribution in [3.05, 3.63) is 11.1 Å². The number of anilines is 1. The normalized spacial score (nSPS) is 10.0.